The summed E-state index contributed by atoms with van der Waals surface area (Å²) in [6.45, 7) is 5.19. The maximum atomic E-state index is 13.4. The number of nitrogens with zero attached hydrogens (tertiary/aromatic N) is 3. The minimum absolute atomic E-state index is 0.00121. The molecule has 0 aliphatic carbocycles. The van der Waals surface area contributed by atoms with Gasteiger partial charge in [0.25, 0.3) is 0 Å². The van der Waals surface area contributed by atoms with Gasteiger partial charge in [-0.2, -0.15) is 4.31 Å². The van der Waals surface area contributed by atoms with Crippen molar-refractivity contribution < 1.29 is 34.0 Å². The number of sulfonamides is 1. The van der Waals surface area contributed by atoms with Crippen molar-refractivity contribution in [3.05, 3.63) is 46.5 Å². The average Bonchev–Trinajstić information content (AvgIpc) is 3.14. The summed E-state index contributed by atoms with van der Waals surface area (Å²) in [5.41, 5.74) is 1.04. The molecule has 0 aliphatic heterocycles. The number of carbonyl (C=O) groups excluding carboxylic acids is 2. The fourth-order valence-corrected chi connectivity index (χ4v) is 5.06. The van der Waals surface area contributed by atoms with Crippen molar-refractivity contribution in [1.29, 1.82) is 0 Å². The Kier molecular flexibility index (Phi) is 10.7. The third-order valence-electron chi connectivity index (χ3n) is 5.52. The molecule has 1 atom stereocenters. The van der Waals surface area contributed by atoms with Crippen LogP contribution >= 0.6 is 11.6 Å². The third kappa shape index (κ3) is 7.28. The number of aliphatic hydroxyl groups excluding tert-OH is 1. The minimum atomic E-state index is -4.35. The number of aliphatic hydroxyl groups is 1. The number of ether oxygens (including phenoxy) is 2. The number of benzene rings is 1. The maximum absolute atomic E-state index is 13.4. The molecule has 10 nitrogen and oxygen atoms in total. The molecule has 12 heteroatoms. The highest BCUT2D eigenvalue weighted by Crippen LogP contribution is 2.23. The first-order chi connectivity index (χ1) is 17.5. The van der Waals surface area contributed by atoms with Gasteiger partial charge in [0.1, 0.15) is 11.9 Å². The van der Waals surface area contributed by atoms with E-state index in [-0.39, 0.29) is 42.5 Å². The van der Waals surface area contributed by atoms with Crippen molar-refractivity contribution in [2.24, 2.45) is 0 Å². The van der Waals surface area contributed by atoms with Gasteiger partial charge in [0.05, 0.1) is 38.2 Å². The first-order valence-corrected chi connectivity index (χ1v) is 13.6. The Bertz CT molecular complexity index is 1200. The van der Waals surface area contributed by atoms with Gasteiger partial charge in [-0.15, -0.1) is 0 Å². The van der Waals surface area contributed by atoms with Gasteiger partial charge in [-0.1, -0.05) is 37.1 Å². The van der Waals surface area contributed by atoms with Crippen LogP contribution in [0, 0.1) is 0 Å². The summed E-state index contributed by atoms with van der Waals surface area (Å²) >= 11 is 6.20. The van der Waals surface area contributed by atoms with Crippen molar-refractivity contribution >= 4 is 33.6 Å². The van der Waals surface area contributed by atoms with Crippen LogP contribution in [-0.4, -0.2) is 65.6 Å². The third-order valence-corrected chi connectivity index (χ3v) is 7.64. The molecule has 0 fully saturated rings. The molecule has 0 aliphatic rings. The lowest BCUT2D eigenvalue weighted by molar-refractivity contribution is -0.154. The normalized spacial score (nSPS) is 12.9. The van der Waals surface area contributed by atoms with Crippen LogP contribution in [0.1, 0.15) is 58.5 Å². The van der Waals surface area contributed by atoms with Crippen LogP contribution in [0.25, 0.3) is 0 Å². The Hall–Kier alpha value is -2.47. The van der Waals surface area contributed by atoms with E-state index in [0.717, 1.165) is 24.2 Å². The first-order valence-electron chi connectivity index (χ1n) is 12.3. The lowest BCUT2D eigenvalue weighted by Crippen LogP contribution is -2.44. The Labute approximate surface area is 218 Å². The number of aromatic nitrogens is 2. The summed E-state index contributed by atoms with van der Waals surface area (Å²) in [5, 5.41) is 9.98. The van der Waals surface area contributed by atoms with Crippen LogP contribution in [0.15, 0.2) is 29.1 Å². The van der Waals surface area contributed by atoms with E-state index in [1.807, 2.05) is 6.92 Å². The van der Waals surface area contributed by atoms with Gasteiger partial charge in [-0.25, -0.2) is 13.4 Å². The molecule has 2 aromatic rings. The van der Waals surface area contributed by atoms with Crippen LogP contribution in [0.5, 0.6) is 0 Å². The van der Waals surface area contributed by atoms with E-state index >= 15 is 0 Å². The van der Waals surface area contributed by atoms with E-state index < -0.39 is 34.4 Å². The molecular formula is C24H34ClN3O7S. The van der Waals surface area contributed by atoms with Gasteiger partial charge >= 0.3 is 11.9 Å². The van der Waals surface area contributed by atoms with Gasteiger partial charge in [-0.3, -0.25) is 9.59 Å². The number of halogens is 1. The van der Waals surface area contributed by atoms with Crippen LogP contribution in [0.2, 0.25) is 5.15 Å². The molecule has 200 valence electrons. The SMILES string of the molecule is [2H]c1cc(Cn2c(CCCC)nc(Cl)c2CO)ccc1S(=O)(=O)N(C)[C@@H](CC(=O)OCC)C(=O)OCC. The maximum Gasteiger partial charge on any atom is 0.325 e. The molecule has 1 aromatic heterocycles. The fourth-order valence-electron chi connectivity index (χ4n) is 3.55. The number of unbranched alkanes of at least 4 members (excludes halogenated alkanes) is 1. The van der Waals surface area contributed by atoms with Gasteiger partial charge in [0.15, 0.2) is 5.15 Å². The number of hydrogen-bond acceptors (Lipinski definition) is 8. The summed E-state index contributed by atoms with van der Waals surface area (Å²) in [6, 6.07) is 2.46. The van der Waals surface area contributed by atoms with Gasteiger partial charge in [0, 0.05) is 20.0 Å². The number of likely N-dealkylation sites (N-methyl/N-ethyl adjacent to an activating group) is 1. The van der Waals surface area contributed by atoms with E-state index in [1.54, 1.807) is 24.5 Å². The number of rotatable bonds is 14. The second-order valence-electron chi connectivity index (χ2n) is 7.97. The van der Waals surface area contributed by atoms with Crippen molar-refractivity contribution in [1.82, 2.24) is 13.9 Å². The molecular weight excluding hydrogens is 510 g/mol. The summed E-state index contributed by atoms with van der Waals surface area (Å²) < 4.78 is 47.5. The molecule has 0 radical (unpaired) electrons. The summed E-state index contributed by atoms with van der Waals surface area (Å²) in [7, 11) is -3.20. The van der Waals surface area contributed by atoms with E-state index in [0.29, 0.717) is 23.5 Å². The highest BCUT2D eigenvalue weighted by atomic mass is 35.5. The van der Waals surface area contributed by atoms with Crippen LogP contribution in [-0.2, 0) is 48.7 Å². The Morgan fingerprint density at radius 3 is 2.50 bits per heavy atom. The minimum Gasteiger partial charge on any atom is -0.466 e. The van der Waals surface area contributed by atoms with Gasteiger partial charge in [0.2, 0.25) is 10.0 Å². The number of carbonyl (C=O) groups is 2. The highest BCUT2D eigenvalue weighted by molar-refractivity contribution is 7.89. The predicted molar refractivity (Wildman–Crippen MR) is 134 cm³/mol. The molecule has 0 spiro atoms. The zero-order chi connectivity index (χ0) is 27.8. The topological polar surface area (TPSA) is 128 Å². The predicted octanol–water partition coefficient (Wildman–Crippen LogP) is 2.93. The van der Waals surface area contributed by atoms with Crippen LogP contribution in [0.3, 0.4) is 0 Å². The number of aryl methyl sites for hydroxylation is 1. The zero-order valence-electron chi connectivity index (χ0n) is 22.0. The Morgan fingerprint density at radius 2 is 1.92 bits per heavy atom. The molecule has 0 amide bonds. The van der Waals surface area contributed by atoms with Gasteiger partial charge < -0.3 is 19.1 Å². The van der Waals surface area contributed by atoms with Crippen molar-refractivity contribution in [2.75, 3.05) is 20.3 Å². The van der Waals surface area contributed by atoms with Crippen LogP contribution in [0.4, 0.5) is 0 Å². The number of hydrogen-bond donors (Lipinski definition) is 1. The summed E-state index contributed by atoms with van der Waals surface area (Å²) in [4.78, 5) is 28.5. The standard InChI is InChI=1S/C24H34ClN3O7S/c1-5-8-9-21-26-23(25)20(16-29)28(21)15-17-10-12-18(13-11-17)36(32,33)27(4)19(24(31)35-7-3)14-22(30)34-6-2/h10-13,19,29H,5-9,14-16H2,1-4H3/t19-/m0/s1/i12D. The first kappa shape index (κ1) is 28.1. The zero-order valence-corrected chi connectivity index (χ0v) is 22.6. The van der Waals surface area contributed by atoms with Crippen molar-refractivity contribution in [3.63, 3.8) is 0 Å². The highest BCUT2D eigenvalue weighted by Gasteiger charge is 2.36. The summed E-state index contributed by atoms with van der Waals surface area (Å²) in [5.74, 6) is -0.949. The van der Waals surface area contributed by atoms with E-state index in [9.17, 15) is 23.1 Å². The largest absolute Gasteiger partial charge is 0.466 e. The average molecular weight is 545 g/mol. The van der Waals surface area contributed by atoms with Crippen molar-refractivity contribution in [2.45, 2.75) is 70.5 Å². The second kappa shape index (κ2) is 13.7. The second-order valence-corrected chi connectivity index (χ2v) is 10.3. The Balaban J connectivity index is 2.39. The monoisotopic (exact) mass is 544 g/mol. The number of esters is 2. The summed E-state index contributed by atoms with van der Waals surface area (Å²) in [6.07, 6.45) is 1.94. The van der Waals surface area contributed by atoms with Crippen molar-refractivity contribution in [3.8, 4) is 0 Å². The number of imidazole rings is 1. The van der Waals surface area contributed by atoms with Gasteiger partial charge in [-0.05, 0) is 37.9 Å². The van der Waals surface area contributed by atoms with Crippen LogP contribution < -0.4 is 0 Å². The van der Waals surface area contributed by atoms with E-state index in [1.165, 1.54) is 12.1 Å². The fraction of sp³-hybridized carbons (Fsp3) is 0.542. The molecule has 1 N–H and O–H groups in total. The molecule has 1 heterocycles. The molecule has 0 unspecified atom stereocenters. The molecule has 36 heavy (non-hydrogen) atoms. The van der Waals surface area contributed by atoms with E-state index in [2.05, 4.69) is 4.98 Å². The quantitative estimate of drug-likeness (QED) is 0.359. The van der Waals surface area contributed by atoms with E-state index in [4.69, 9.17) is 22.4 Å². The molecule has 1 aromatic carbocycles. The molecule has 0 bridgehead atoms. The molecule has 2 rings (SSSR count). The molecule has 0 saturated heterocycles. The lowest BCUT2D eigenvalue weighted by atomic mass is 10.2. The Morgan fingerprint density at radius 1 is 1.22 bits per heavy atom. The lowest BCUT2D eigenvalue weighted by Gasteiger charge is -2.25. The smallest absolute Gasteiger partial charge is 0.325 e. The molecule has 0 saturated carbocycles.